The maximum atomic E-state index is 13.2. The van der Waals surface area contributed by atoms with Crippen molar-refractivity contribution in [3.8, 4) is 0 Å². The minimum absolute atomic E-state index is 0.0767. The summed E-state index contributed by atoms with van der Waals surface area (Å²) < 4.78 is 39.6. The van der Waals surface area contributed by atoms with Crippen LogP contribution in [0.25, 0.3) is 0 Å². The third kappa shape index (κ3) is 4.82. The predicted octanol–water partition coefficient (Wildman–Crippen LogP) is 3.56. The summed E-state index contributed by atoms with van der Waals surface area (Å²) in [5.41, 5.74) is 1.83. The summed E-state index contributed by atoms with van der Waals surface area (Å²) in [5.74, 6) is -0.700. The van der Waals surface area contributed by atoms with E-state index in [0.29, 0.717) is 5.56 Å². The molecule has 2 aromatic rings. The minimum atomic E-state index is -3.67. The fourth-order valence-corrected chi connectivity index (χ4v) is 4.52. The van der Waals surface area contributed by atoms with Crippen molar-refractivity contribution in [2.45, 2.75) is 37.1 Å². The van der Waals surface area contributed by atoms with Gasteiger partial charge in [-0.1, -0.05) is 12.1 Å². The molecule has 2 aromatic carbocycles. The zero-order chi connectivity index (χ0) is 21.9. The number of amides is 1. The van der Waals surface area contributed by atoms with Crippen LogP contribution in [0.4, 0.5) is 10.1 Å². The quantitative estimate of drug-likeness (QED) is 0.756. The van der Waals surface area contributed by atoms with Gasteiger partial charge >= 0.3 is 0 Å². The average molecular weight is 434 g/mol. The second-order valence-electron chi connectivity index (χ2n) is 7.76. The molecule has 162 valence electrons. The number of hydrogen-bond acceptors (Lipinski definition) is 4. The molecule has 1 heterocycles. The van der Waals surface area contributed by atoms with Crippen molar-refractivity contribution in [2.24, 2.45) is 0 Å². The van der Waals surface area contributed by atoms with Crippen molar-refractivity contribution < 1.29 is 17.6 Å². The van der Waals surface area contributed by atoms with E-state index in [1.807, 2.05) is 6.92 Å². The Labute approximate surface area is 177 Å². The van der Waals surface area contributed by atoms with Crippen molar-refractivity contribution in [3.63, 3.8) is 0 Å². The van der Waals surface area contributed by atoms with E-state index in [1.54, 1.807) is 24.3 Å². The summed E-state index contributed by atoms with van der Waals surface area (Å²) in [5, 5.41) is 2.92. The van der Waals surface area contributed by atoms with E-state index in [4.69, 9.17) is 0 Å². The number of nitrogens with one attached hydrogen (secondary N) is 1. The number of rotatable bonds is 6. The molecule has 1 fully saturated rings. The lowest BCUT2D eigenvalue weighted by Gasteiger charge is -2.31. The van der Waals surface area contributed by atoms with E-state index in [0.717, 1.165) is 47.9 Å². The first-order valence-corrected chi connectivity index (χ1v) is 11.5. The topological polar surface area (TPSA) is 69.7 Å². The Morgan fingerprint density at radius 1 is 1.07 bits per heavy atom. The number of carbonyl (C=O) groups excluding carboxylic acids is 1. The van der Waals surface area contributed by atoms with E-state index < -0.39 is 10.0 Å². The van der Waals surface area contributed by atoms with Gasteiger partial charge in [0.15, 0.2) is 0 Å². The first kappa shape index (κ1) is 22.2. The average Bonchev–Trinajstić information content (AvgIpc) is 2.74. The molecule has 0 saturated carbocycles. The lowest BCUT2D eigenvalue weighted by Crippen LogP contribution is -2.34. The van der Waals surface area contributed by atoms with Crippen LogP contribution in [0.3, 0.4) is 0 Å². The van der Waals surface area contributed by atoms with Crippen LogP contribution in [-0.2, 0) is 10.0 Å². The van der Waals surface area contributed by atoms with Gasteiger partial charge in [-0.3, -0.25) is 4.79 Å². The first-order valence-electron chi connectivity index (χ1n) is 10.1. The molecule has 1 saturated heterocycles. The van der Waals surface area contributed by atoms with Gasteiger partial charge in [0.25, 0.3) is 5.91 Å². The summed E-state index contributed by atoms with van der Waals surface area (Å²) >= 11 is 0. The zero-order valence-electron chi connectivity index (χ0n) is 17.6. The molecule has 1 N–H and O–H groups in total. The third-order valence-corrected chi connectivity index (χ3v) is 7.22. The number of sulfonamides is 1. The fourth-order valence-electron chi connectivity index (χ4n) is 3.59. The summed E-state index contributed by atoms with van der Waals surface area (Å²) in [4.78, 5) is 15.4. The maximum absolute atomic E-state index is 13.2. The van der Waals surface area contributed by atoms with Crippen molar-refractivity contribution in [2.75, 3.05) is 32.1 Å². The number of piperidine rings is 1. The lowest BCUT2D eigenvalue weighted by atomic mass is 10.0. The highest BCUT2D eigenvalue weighted by Crippen LogP contribution is 2.28. The molecule has 0 spiro atoms. The number of anilines is 1. The Kier molecular flexibility index (Phi) is 6.77. The maximum Gasteiger partial charge on any atom is 0.253 e. The number of nitrogens with zero attached hydrogens (tertiary/aromatic N) is 2. The third-order valence-electron chi connectivity index (χ3n) is 5.41. The molecule has 3 rings (SSSR count). The molecule has 30 heavy (non-hydrogen) atoms. The van der Waals surface area contributed by atoms with Gasteiger partial charge < -0.3 is 10.2 Å². The van der Waals surface area contributed by atoms with Gasteiger partial charge in [0.2, 0.25) is 10.0 Å². The van der Waals surface area contributed by atoms with Gasteiger partial charge in [-0.2, -0.15) is 0 Å². The number of benzene rings is 2. The van der Waals surface area contributed by atoms with Crippen LogP contribution in [0.2, 0.25) is 0 Å². The molecule has 8 heteroatoms. The van der Waals surface area contributed by atoms with E-state index in [1.165, 1.54) is 32.3 Å². The van der Waals surface area contributed by atoms with Crippen LogP contribution >= 0.6 is 0 Å². The summed E-state index contributed by atoms with van der Waals surface area (Å²) in [6, 6.07) is 10.3. The molecule has 6 nitrogen and oxygen atoms in total. The molecule has 1 aliphatic heterocycles. The molecule has 0 radical (unpaired) electrons. The van der Waals surface area contributed by atoms with Crippen molar-refractivity contribution in [1.82, 2.24) is 9.62 Å². The number of carbonyl (C=O) groups is 1. The van der Waals surface area contributed by atoms with E-state index >= 15 is 0 Å². The Bertz CT molecular complexity index is 1000. The Morgan fingerprint density at radius 3 is 2.30 bits per heavy atom. The lowest BCUT2D eigenvalue weighted by molar-refractivity contribution is 0.0940. The molecule has 1 unspecified atom stereocenters. The van der Waals surface area contributed by atoms with Gasteiger partial charge in [-0.05, 0) is 62.1 Å². The van der Waals surface area contributed by atoms with Gasteiger partial charge in [0.05, 0.1) is 16.5 Å². The number of halogens is 1. The molecular formula is C22H28FN3O3S. The number of hydrogen-bond donors (Lipinski definition) is 1. The van der Waals surface area contributed by atoms with E-state index in [9.17, 15) is 17.6 Å². The highest BCUT2D eigenvalue weighted by molar-refractivity contribution is 7.89. The molecule has 1 atom stereocenters. The second kappa shape index (κ2) is 9.14. The van der Waals surface area contributed by atoms with Crippen molar-refractivity contribution in [3.05, 3.63) is 59.4 Å². The predicted molar refractivity (Wildman–Crippen MR) is 116 cm³/mol. The molecule has 1 amide bonds. The normalized spacial score (nSPS) is 15.8. The van der Waals surface area contributed by atoms with Crippen LogP contribution < -0.4 is 10.2 Å². The van der Waals surface area contributed by atoms with Gasteiger partial charge in [0.1, 0.15) is 5.82 Å². The van der Waals surface area contributed by atoms with Crippen LogP contribution in [0.1, 0.15) is 48.1 Å². The van der Waals surface area contributed by atoms with Crippen molar-refractivity contribution >= 4 is 21.6 Å². The summed E-state index contributed by atoms with van der Waals surface area (Å²) in [7, 11) is -0.748. The first-order chi connectivity index (χ1) is 14.2. The smallest absolute Gasteiger partial charge is 0.253 e. The monoisotopic (exact) mass is 433 g/mol. The van der Waals surface area contributed by atoms with Crippen LogP contribution in [0.5, 0.6) is 0 Å². The minimum Gasteiger partial charge on any atom is -0.371 e. The molecular weight excluding hydrogens is 405 g/mol. The van der Waals surface area contributed by atoms with Gasteiger partial charge in [0, 0.05) is 32.9 Å². The molecule has 0 aromatic heterocycles. The molecule has 1 aliphatic rings. The van der Waals surface area contributed by atoms with Crippen LogP contribution in [0.15, 0.2) is 47.4 Å². The Hall–Kier alpha value is -2.45. The van der Waals surface area contributed by atoms with Crippen LogP contribution in [-0.4, -0.2) is 45.8 Å². The van der Waals surface area contributed by atoms with Crippen LogP contribution in [0, 0.1) is 5.82 Å². The molecule has 0 aliphatic carbocycles. The van der Waals surface area contributed by atoms with E-state index in [-0.39, 0.29) is 22.7 Å². The van der Waals surface area contributed by atoms with Gasteiger partial charge in [-0.25, -0.2) is 17.1 Å². The van der Waals surface area contributed by atoms with Gasteiger partial charge in [-0.15, -0.1) is 0 Å². The van der Waals surface area contributed by atoms with E-state index in [2.05, 4.69) is 10.2 Å². The SMILES string of the molecule is CC(NC(=O)c1cc(S(=O)(=O)N(C)C)ccc1N1CCCCC1)c1ccc(F)cc1. The summed E-state index contributed by atoms with van der Waals surface area (Å²) in [6.07, 6.45) is 3.21. The fraction of sp³-hybridized carbons (Fsp3) is 0.409. The second-order valence-corrected chi connectivity index (χ2v) is 9.91. The highest BCUT2D eigenvalue weighted by atomic mass is 32.2. The zero-order valence-corrected chi connectivity index (χ0v) is 18.4. The Balaban J connectivity index is 1.96. The highest BCUT2D eigenvalue weighted by Gasteiger charge is 2.25. The summed E-state index contributed by atoms with van der Waals surface area (Å²) in [6.45, 7) is 3.47. The largest absolute Gasteiger partial charge is 0.371 e. The Morgan fingerprint density at radius 2 is 1.70 bits per heavy atom. The van der Waals surface area contributed by atoms with Crippen molar-refractivity contribution in [1.29, 1.82) is 0 Å². The standard InChI is InChI=1S/C22H28FN3O3S/c1-16(17-7-9-18(23)10-8-17)24-22(27)20-15-19(30(28,29)25(2)3)11-12-21(20)26-13-5-4-6-14-26/h7-12,15-16H,4-6,13-14H2,1-3H3,(H,24,27). The molecule has 0 bridgehead atoms.